The highest BCUT2D eigenvalue weighted by molar-refractivity contribution is 7.92. The van der Waals surface area contributed by atoms with Crippen molar-refractivity contribution in [2.75, 3.05) is 30.2 Å². The smallest absolute Gasteiger partial charge is 0.370 e. The molecule has 0 radical (unpaired) electrons. The first-order valence-electron chi connectivity index (χ1n) is 13.6. The molecule has 14 heteroatoms. The lowest BCUT2D eigenvalue weighted by Gasteiger charge is -2.49. The molecular weight excluding hydrogens is 640 g/mol. The van der Waals surface area contributed by atoms with E-state index in [1.54, 1.807) is 31.2 Å². The molecule has 3 aromatic carbocycles. The molecule has 1 saturated heterocycles. The average molecular weight is 672 g/mol. The van der Waals surface area contributed by atoms with Crippen LogP contribution in [0.25, 0.3) is 0 Å². The van der Waals surface area contributed by atoms with Crippen LogP contribution in [0.3, 0.4) is 0 Å². The van der Waals surface area contributed by atoms with Gasteiger partial charge in [-0.2, -0.15) is 13.2 Å². The molecule has 1 fully saturated rings. The monoisotopic (exact) mass is 670 g/mol. The van der Waals surface area contributed by atoms with Gasteiger partial charge >= 0.3 is 6.18 Å². The Morgan fingerprint density at radius 1 is 1.00 bits per heavy atom. The molecule has 2 amide bonds. The molecule has 0 saturated carbocycles. The predicted octanol–water partition coefficient (Wildman–Crippen LogP) is 5.49. The largest absolute Gasteiger partial charge is 0.416 e. The van der Waals surface area contributed by atoms with Crippen LogP contribution < -0.4 is 15.4 Å². The summed E-state index contributed by atoms with van der Waals surface area (Å²) in [5.41, 5.74) is 5.11. The topological polar surface area (TPSA) is 113 Å². The maximum Gasteiger partial charge on any atom is 0.416 e. The fourth-order valence-electron chi connectivity index (χ4n) is 5.24. The number of carbonyl (C=O) groups is 2. The Bertz CT molecular complexity index is 1570. The number of alkyl halides is 3. The van der Waals surface area contributed by atoms with Gasteiger partial charge in [0, 0.05) is 41.7 Å². The lowest BCUT2D eigenvalue weighted by molar-refractivity contribution is -0.137. The second kappa shape index (κ2) is 13.4. The standard InChI is InChI=1S/C30H31Cl2F3N4O4S/c1-18(11-27(36)40)15-37-29(41)21-12-22(30(33,34)35)14-25(13-21)39(44(2,42)43)26-16-38(17-26)28(19-3-7-23(31)8-4-19)20-5-9-24(32)10-6-20/h3-10,12-14,18,26,28H,11,15-17H2,1-2H3,(H2,36,40)(H,37,41)/t18-/m0/s1. The Morgan fingerprint density at radius 3 is 1.98 bits per heavy atom. The third-order valence-corrected chi connectivity index (χ3v) is 8.97. The normalized spacial score (nSPS) is 15.1. The molecule has 4 rings (SSSR count). The number of nitrogens with zero attached hydrogens (tertiary/aromatic N) is 2. The summed E-state index contributed by atoms with van der Waals surface area (Å²) < 4.78 is 68.9. The van der Waals surface area contributed by atoms with E-state index < -0.39 is 39.6 Å². The van der Waals surface area contributed by atoms with Crippen LogP contribution in [0.5, 0.6) is 0 Å². The molecule has 0 spiro atoms. The minimum Gasteiger partial charge on any atom is -0.370 e. The molecule has 1 aliphatic heterocycles. The maximum atomic E-state index is 13.9. The van der Waals surface area contributed by atoms with Crippen molar-refractivity contribution in [3.63, 3.8) is 0 Å². The van der Waals surface area contributed by atoms with Crippen molar-refractivity contribution in [3.8, 4) is 0 Å². The number of hydrogen-bond acceptors (Lipinski definition) is 5. The van der Waals surface area contributed by atoms with Crippen LogP contribution in [0.2, 0.25) is 10.0 Å². The quantitative estimate of drug-likeness (QED) is 0.280. The van der Waals surface area contributed by atoms with E-state index in [1.165, 1.54) is 0 Å². The second-order valence-corrected chi connectivity index (χ2v) is 13.7. The SMILES string of the molecule is C[C@H](CNC(=O)c1cc(N(C2CN(C(c3ccc(Cl)cc3)c3ccc(Cl)cc3)C2)S(C)(=O)=O)cc(C(F)(F)F)c1)CC(N)=O. The summed E-state index contributed by atoms with van der Waals surface area (Å²) in [5, 5.41) is 3.59. The zero-order valence-corrected chi connectivity index (χ0v) is 26.1. The number of hydrogen-bond donors (Lipinski definition) is 2. The molecule has 1 atom stereocenters. The third-order valence-electron chi connectivity index (χ3n) is 7.24. The number of halogens is 5. The fourth-order valence-corrected chi connectivity index (χ4v) is 6.66. The van der Waals surface area contributed by atoms with Crippen LogP contribution in [0.4, 0.5) is 18.9 Å². The highest BCUT2D eigenvalue weighted by Crippen LogP contribution is 2.39. The van der Waals surface area contributed by atoms with Crippen LogP contribution >= 0.6 is 23.2 Å². The highest BCUT2D eigenvalue weighted by atomic mass is 35.5. The summed E-state index contributed by atoms with van der Waals surface area (Å²) in [6.45, 7) is 2.01. The third kappa shape index (κ3) is 8.23. The molecule has 1 aliphatic rings. The van der Waals surface area contributed by atoms with Crippen molar-refractivity contribution < 1.29 is 31.2 Å². The van der Waals surface area contributed by atoms with Crippen molar-refractivity contribution in [2.24, 2.45) is 11.7 Å². The number of rotatable bonds is 11. The van der Waals surface area contributed by atoms with Gasteiger partial charge in [0.05, 0.1) is 29.6 Å². The number of nitrogens with two attached hydrogens (primary N) is 1. The number of amides is 2. The van der Waals surface area contributed by atoms with E-state index in [4.69, 9.17) is 28.9 Å². The van der Waals surface area contributed by atoms with E-state index in [1.807, 2.05) is 29.2 Å². The van der Waals surface area contributed by atoms with Crippen molar-refractivity contribution in [2.45, 2.75) is 31.6 Å². The Balaban J connectivity index is 1.65. The van der Waals surface area contributed by atoms with Gasteiger partial charge in [-0.15, -0.1) is 0 Å². The molecule has 0 aliphatic carbocycles. The summed E-state index contributed by atoms with van der Waals surface area (Å²) in [6.07, 6.45) is -3.97. The molecule has 8 nitrogen and oxygen atoms in total. The number of anilines is 1. The van der Waals surface area contributed by atoms with Crippen molar-refractivity contribution in [1.29, 1.82) is 0 Å². The van der Waals surface area contributed by atoms with E-state index in [9.17, 15) is 31.2 Å². The maximum absolute atomic E-state index is 13.9. The number of carbonyl (C=O) groups excluding carboxylic acids is 2. The summed E-state index contributed by atoms with van der Waals surface area (Å²) in [5.74, 6) is -1.78. The number of sulfonamides is 1. The average Bonchev–Trinajstić information content (AvgIpc) is 2.90. The molecular formula is C30H31Cl2F3N4O4S. The van der Waals surface area contributed by atoms with E-state index in [0.717, 1.165) is 33.8 Å². The van der Waals surface area contributed by atoms with E-state index >= 15 is 0 Å². The summed E-state index contributed by atoms with van der Waals surface area (Å²) in [6, 6.07) is 15.9. The zero-order valence-electron chi connectivity index (χ0n) is 23.8. The van der Waals surface area contributed by atoms with Gasteiger partial charge in [-0.05, 0) is 59.5 Å². The molecule has 3 N–H and O–H groups in total. The van der Waals surface area contributed by atoms with Gasteiger partial charge in [0.15, 0.2) is 0 Å². The van der Waals surface area contributed by atoms with Gasteiger partial charge in [0.2, 0.25) is 15.9 Å². The zero-order chi connectivity index (χ0) is 32.4. The Kier molecular flexibility index (Phi) is 10.2. The molecule has 0 bridgehead atoms. The van der Waals surface area contributed by atoms with Crippen LogP contribution in [0, 0.1) is 5.92 Å². The summed E-state index contributed by atoms with van der Waals surface area (Å²) in [7, 11) is -4.09. The minimum absolute atomic E-state index is 0.0164. The van der Waals surface area contributed by atoms with Crippen LogP contribution in [0.15, 0.2) is 66.7 Å². The van der Waals surface area contributed by atoms with Crippen LogP contribution in [-0.4, -0.2) is 57.1 Å². The number of likely N-dealkylation sites (tertiary alicyclic amines) is 1. The summed E-state index contributed by atoms with van der Waals surface area (Å²) >= 11 is 12.2. The highest BCUT2D eigenvalue weighted by Gasteiger charge is 2.42. The number of nitrogens with one attached hydrogen (secondary N) is 1. The van der Waals surface area contributed by atoms with Crippen molar-refractivity contribution in [3.05, 3.63) is 99.0 Å². The lowest BCUT2D eigenvalue weighted by Crippen LogP contribution is -2.61. The fraction of sp³-hybridized carbons (Fsp3) is 0.333. The molecule has 1 heterocycles. The lowest BCUT2D eigenvalue weighted by atomic mass is 9.93. The number of benzene rings is 3. The summed E-state index contributed by atoms with van der Waals surface area (Å²) in [4.78, 5) is 26.1. The first-order valence-corrected chi connectivity index (χ1v) is 16.2. The van der Waals surface area contributed by atoms with Crippen molar-refractivity contribution in [1.82, 2.24) is 10.2 Å². The molecule has 236 valence electrons. The Labute approximate surface area is 264 Å². The van der Waals surface area contributed by atoms with Crippen LogP contribution in [0.1, 0.15) is 46.4 Å². The first kappa shape index (κ1) is 33.6. The molecule has 3 aromatic rings. The van der Waals surface area contributed by atoms with Crippen molar-refractivity contribution >= 4 is 50.7 Å². The first-order chi connectivity index (χ1) is 20.5. The molecule has 44 heavy (non-hydrogen) atoms. The predicted molar refractivity (Wildman–Crippen MR) is 164 cm³/mol. The van der Waals surface area contributed by atoms with Gasteiger partial charge in [0.1, 0.15) is 0 Å². The molecule has 0 aromatic heterocycles. The van der Waals surface area contributed by atoms with E-state index in [-0.39, 0.29) is 49.3 Å². The Morgan fingerprint density at radius 2 is 1.52 bits per heavy atom. The van der Waals surface area contributed by atoms with Gasteiger partial charge in [-0.3, -0.25) is 18.8 Å². The van der Waals surface area contributed by atoms with Gasteiger partial charge in [0.25, 0.3) is 5.91 Å². The second-order valence-electron chi connectivity index (χ2n) is 10.9. The van der Waals surface area contributed by atoms with Gasteiger partial charge < -0.3 is 11.1 Å². The van der Waals surface area contributed by atoms with E-state index in [0.29, 0.717) is 16.1 Å². The Hall–Kier alpha value is -3.32. The minimum atomic E-state index is -4.85. The number of primary amides is 1. The van der Waals surface area contributed by atoms with Gasteiger partial charge in [-0.25, -0.2) is 8.42 Å². The van der Waals surface area contributed by atoms with Gasteiger partial charge in [-0.1, -0.05) is 54.4 Å². The van der Waals surface area contributed by atoms with Crippen LogP contribution in [-0.2, 0) is 21.0 Å². The molecule has 0 unspecified atom stereocenters. The van der Waals surface area contributed by atoms with E-state index in [2.05, 4.69) is 5.32 Å².